The third kappa shape index (κ3) is 3.98. The van der Waals surface area contributed by atoms with Crippen LogP contribution in [-0.4, -0.2) is 68.6 Å². The van der Waals surface area contributed by atoms with Gasteiger partial charge in [0.15, 0.2) is 11.5 Å². The van der Waals surface area contributed by atoms with E-state index in [1.54, 1.807) is 36.0 Å². The highest BCUT2D eigenvalue weighted by Crippen LogP contribution is 2.31. The number of aromatic amines is 2. The average Bonchev–Trinajstić information content (AvgIpc) is 3.69. The first-order chi connectivity index (χ1) is 18.4. The second kappa shape index (κ2) is 8.48. The smallest absolute Gasteiger partial charge is 0.261 e. The minimum absolute atomic E-state index is 0.109. The van der Waals surface area contributed by atoms with E-state index in [9.17, 15) is 8.78 Å². The molecule has 6 aromatic heterocycles. The molecule has 1 saturated heterocycles. The van der Waals surface area contributed by atoms with E-state index in [4.69, 9.17) is 4.98 Å². The number of aryl methyl sites for hydroxylation is 1. The first-order valence-electron chi connectivity index (χ1n) is 12.2. The molecule has 0 saturated carbocycles. The molecule has 1 aliphatic heterocycles. The number of rotatable bonds is 5. The van der Waals surface area contributed by atoms with Gasteiger partial charge in [0.2, 0.25) is 0 Å². The fourth-order valence-corrected chi connectivity index (χ4v) is 4.94. The van der Waals surface area contributed by atoms with Gasteiger partial charge in [-0.15, -0.1) is 0 Å². The number of halogens is 2. The molecule has 7 heterocycles. The van der Waals surface area contributed by atoms with E-state index in [0.29, 0.717) is 41.5 Å². The summed E-state index contributed by atoms with van der Waals surface area (Å²) in [4.78, 5) is 27.6. The summed E-state index contributed by atoms with van der Waals surface area (Å²) in [6.45, 7) is 2.49. The summed E-state index contributed by atoms with van der Waals surface area (Å²) in [6.07, 6.45) is 10.4. The Morgan fingerprint density at radius 3 is 2.84 bits per heavy atom. The molecule has 7 rings (SSSR count). The Hall–Kier alpha value is -4.58. The van der Waals surface area contributed by atoms with E-state index < -0.39 is 5.92 Å². The van der Waals surface area contributed by atoms with Crippen molar-refractivity contribution < 1.29 is 8.78 Å². The fourth-order valence-electron chi connectivity index (χ4n) is 4.94. The summed E-state index contributed by atoms with van der Waals surface area (Å²) < 4.78 is 29.2. The van der Waals surface area contributed by atoms with Crippen LogP contribution in [0.4, 0.5) is 8.78 Å². The number of hydrogen-bond acceptors (Lipinski definition) is 7. The molecular formula is C26H22F2N10. The van der Waals surface area contributed by atoms with Gasteiger partial charge < -0.3 is 9.55 Å². The van der Waals surface area contributed by atoms with Gasteiger partial charge in [0, 0.05) is 55.2 Å². The molecule has 2 N–H and O–H groups in total. The van der Waals surface area contributed by atoms with E-state index >= 15 is 0 Å². The van der Waals surface area contributed by atoms with Gasteiger partial charge in [-0.1, -0.05) is 0 Å². The van der Waals surface area contributed by atoms with Crippen molar-refractivity contribution >= 4 is 22.1 Å². The number of fused-ring (bicyclic) bond motifs is 2. The predicted molar refractivity (Wildman–Crippen MR) is 137 cm³/mol. The van der Waals surface area contributed by atoms with Crippen LogP contribution in [0.25, 0.3) is 50.5 Å². The Morgan fingerprint density at radius 1 is 1.11 bits per heavy atom. The van der Waals surface area contributed by atoms with Crippen molar-refractivity contribution in [3.05, 3.63) is 66.8 Å². The number of hydrogen-bond donors (Lipinski definition) is 2. The molecule has 0 aliphatic carbocycles. The van der Waals surface area contributed by atoms with Crippen LogP contribution in [0.2, 0.25) is 0 Å². The number of H-pyrrole nitrogens is 2. The van der Waals surface area contributed by atoms with E-state index in [-0.39, 0.29) is 13.0 Å². The number of imidazole rings is 2. The van der Waals surface area contributed by atoms with Gasteiger partial charge in [-0.3, -0.25) is 20.0 Å². The molecule has 0 spiro atoms. The summed E-state index contributed by atoms with van der Waals surface area (Å²) in [6, 6.07) is 5.77. The highest BCUT2D eigenvalue weighted by Gasteiger charge is 2.37. The molecule has 12 heteroatoms. The maximum absolute atomic E-state index is 13.6. The molecule has 0 atom stereocenters. The van der Waals surface area contributed by atoms with Gasteiger partial charge in [0.1, 0.15) is 11.2 Å². The van der Waals surface area contributed by atoms with Gasteiger partial charge in [-0.05, 0) is 30.7 Å². The van der Waals surface area contributed by atoms with E-state index in [0.717, 1.165) is 33.4 Å². The summed E-state index contributed by atoms with van der Waals surface area (Å²) in [5.74, 6) is -2.05. The fraction of sp³-hybridized carbons (Fsp3) is 0.231. The van der Waals surface area contributed by atoms with Crippen molar-refractivity contribution in [3.63, 3.8) is 0 Å². The van der Waals surface area contributed by atoms with Gasteiger partial charge in [0.05, 0.1) is 41.7 Å². The number of nitrogens with one attached hydrogen (secondary N) is 2. The van der Waals surface area contributed by atoms with Crippen LogP contribution in [0.1, 0.15) is 17.7 Å². The van der Waals surface area contributed by atoms with Crippen molar-refractivity contribution in [1.82, 2.24) is 49.6 Å². The molecular weight excluding hydrogens is 490 g/mol. The topological polar surface area (TPSA) is 117 Å². The van der Waals surface area contributed by atoms with Gasteiger partial charge in [-0.2, -0.15) is 5.10 Å². The predicted octanol–water partition coefficient (Wildman–Crippen LogP) is 4.29. The van der Waals surface area contributed by atoms with Crippen LogP contribution in [0.15, 0.2) is 55.5 Å². The normalized spacial score (nSPS) is 15.7. The second-order valence-corrected chi connectivity index (χ2v) is 9.62. The molecule has 190 valence electrons. The minimum Gasteiger partial charge on any atom is -0.321 e. The zero-order chi connectivity index (χ0) is 25.9. The molecule has 0 aromatic carbocycles. The first kappa shape index (κ1) is 22.6. The number of alkyl halides is 2. The Morgan fingerprint density at radius 2 is 2.03 bits per heavy atom. The van der Waals surface area contributed by atoms with Crippen LogP contribution in [0, 0.1) is 6.92 Å². The number of pyridine rings is 3. The highest BCUT2D eigenvalue weighted by atomic mass is 19.3. The third-order valence-corrected chi connectivity index (χ3v) is 6.77. The van der Waals surface area contributed by atoms with Crippen molar-refractivity contribution in [3.8, 4) is 28.5 Å². The maximum Gasteiger partial charge on any atom is 0.261 e. The lowest BCUT2D eigenvalue weighted by molar-refractivity contribution is 0.0115. The Balaban J connectivity index is 1.24. The van der Waals surface area contributed by atoms with Crippen molar-refractivity contribution in [2.24, 2.45) is 0 Å². The average molecular weight is 513 g/mol. The van der Waals surface area contributed by atoms with Gasteiger partial charge in [-0.25, -0.2) is 23.7 Å². The van der Waals surface area contributed by atoms with Crippen molar-refractivity contribution in [2.45, 2.75) is 25.8 Å². The summed E-state index contributed by atoms with van der Waals surface area (Å²) in [5.41, 5.74) is 6.86. The SMILES string of the molecule is Cc1cn(-c2ccnc3[nH]c(-c4n[nH]c5cnc(-c6cncc(CN7CCC(F)(F)C7)c6)cc45)nc23)cn1. The van der Waals surface area contributed by atoms with Gasteiger partial charge >= 0.3 is 0 Å². The molecule has 38 heavy (non-hydrogen) atoms. The molecule has 10 nitrogen and oxygen atoms in total. The quantitative estimate of drug-likeness (QED) is 0.354. The van der Waals surface area contributed by atoms with Crippen molar-refractivity contribution in [1.29, 1.82) is 0 Å². The number of aromatic nitrogens is 9. The number of likely N-dealkylation sites (tertiary alicyclic amines) is 1. The van der Waals surface area contributed by atoms with E-state index in [1.165, 1.54) is 0 Å². The zero-order valence-electron chi connectivity index (χ0n) is 20.4. The lowest BCUT2D eigenvalue weighted by Crippen LogP contribution is -2.24. The van der Waals surface area contributed by atoms with Crippen molar-refractivity contribution in [2.75, 3.05) is 13.1 Å². The van der Waals surface area contributed by atoms with Crippen LogP contribution >= 0.6 is 0 Å². The minimum atomic E-state index is -2.63. The maximum atomic E-state index is 13.6. The second-order valence-electron chi connectivity index (χ2n) is 9.62. The summed E-state index contributed by atoms with van der Waals surface area (Å²) in [5, 5.41) is 8.36. The lowest BCUT2D eigenvalue weighted by atomic mass is 10.1. The molecule has 6 aromatic rings. The van der Waals surface area contributed by atoms with Crippen LogP contribution in [-0.2, 0) is 6.54 Å². The molecule has 0 amide bonds. The highest BCUT2D eigenvalue weighted by molar-refractivity contribution is 5.95. The molecule has 0 unspecified atom stereocenters. The summed E-state index contributed by atoms with van der Waals surface area (Å²) in [7, 11) is 0. The molecule has 0 bridgehead atoms. The van der Waals surface area contributed by atoms with E-state index in [2.05, 4.69) is 35.1 Å². The zero-order valence-corrected chi connectivity index (χ0v) is 20.4. The largest absolute Gasteiger partial charge is 0.321 e. The van der Waals surface area contributed by atoms with Crippen LogP contribution < -0.4 is 0 Å². The Bertz CT molecular complexity index is 1800. The number of nitrogens with zero attached hydrogens (tertiary/aromatic N) is 8. The standard InChI is InChI=1S/C26H22F2N10/c1-15-11-38(14-32-15)21-2-4-30-24-23(21)33-25(34-24)22-18-7-19(31-10-20(18)35-36-22)17-6-16(8-29-9-17)12-37-5-3-26(27,28)13-37/h2,4,6-11,14H,3,5,12-13H2,1H3,(H,35,36)(H,30,33,34). The molecule has 1 aliphatic rings. The summed E-state index contributed by atoms with van der Waals surface area (Å²) >= 11 is 0. The monoisotopic (exact) mass is 512 g/mol. The van der Waals surface area contributed by atoms with Crippen LogP contribution in [0.3, 0.4) is 0 Å². The van der Waals surface area contributed by atoms with Crippen LogP contribution in [0.5, 0.6) is 0 Å². The van der Waals surface area contributed by atoms with E-state index in [1.807, 2.05) is 35.9 Å². The Labute approximate surface area is 214 Å². The lowest BCUT2D eigenvalue weighted by Gasteiger charge is -2.15. The molecule has 0 radical (unpaired) electrons. The first-order valence-corrected chi connectivity index (χ1v) is 12.2. The van der Waals surface area contributed by atoms with Gasteiger partial charge in [0.25, 0.3) is 5.92 Å². The third-order valence-electron chi connectivity index (χ3n) is 6.77. The Kier molecular flexibility index (Phi) is 5.05. The molecule has 1 fully saturated rings.